The van der Waals surface area contributed by atoms with E-state index in [1.54, 1.807) is 0 Å². The Kier molecular flexibility index (Phi) is 10.7. The summed E-state index contributed by atoms with van der Waals surface area (Å²) < 4.78 is 11.8. The Hall–Kier alpha value is -1.59. The lowest BCUT2D eigenvalue weighted by Gasteiger charge is -2.33. The minimum absolute atomic E-state index is 0.0753. The Morgan fingerprint density at radius 3 is 2.57 bits per heavy atom. The summed E-state index contributed by atoms with van der Waals surface area (Å²) in [5.74, 6) is 0.768. The summed E-state index contributed by atoms with van der Waals surface area (Å²) in [5, 5.41) is 3.02. The first-order valence-electron chi connectivity index (χ1n) is 11.9. The van der Waals surface area contributed by atoms with Gasteiger partial charge in [-0.05, 0) is 76.8 Å². The van der Waals surface area contributed by atoms with Crippen LogP contribution in [0.4, 0.5) is 5.69 Å². The monoisotopic (exact) mass is 418 g/mol. The molecule has 2 atom stereocenters. The largest absolute Gasteiger partial charge is 0.494 e. The third kappa shape index (κ3) is 7.92. The Morgan fingerprint density at radius 2 is 1.90 bits per heavy atom. The number of nitrogens with one attached hydrogen (secondary N) is 1. The topological polar surface area (TPSA) is 50.8 Å². The highest BCUT2D eigenvalue weighted by Gasteiger charge is 2.33. The molecule has 5 heteroatoms. The van der Waals surface area contributed by atoms with Crippen LogP contribution in [0.1, 0.15) is 79.1 Å². The number of carbonyl (C=O) groups is 1. The van der Waals surface area contributed by atoms with Gasteiger partial charge in [0.25, 0.3) is 5.91 Å². The lowest BCUT2D eigenvalue weighted by atomic mass is 9.97. The van der Waals surface area contributed by atoms with E-state index in [0.717, 1.165) is 56.7 Å². The van der Waals surface area contributed by atoms with Gasteiger partial charge < -0.3 is 19.7 Å². The van der Waals surface area contributed by atoms with Gasteiger partial charge in [-0.1, -0.05) is 33.1 Å². The molecular formula is C25H42N2O3. The van der Waals surface area contributed by atoms with Gasteiger partial charge in [0.1, 0.15) is 11.4 Å². The predicted octanol–water partition coefficient (Wildman–Crippen LogP) is 5.64. The molecule has 1 fully saturated rings. The van der Waals surface area contributed by atoms with E-state index in [1.807, 2.05) is 31.2 Å². The van der Waals surface area contributed by atoms with Gasteiger partial charge in [0.2, 0.25) is 0 Å². The van der Waals surface area contributed by atoms with Gasteiger partial charge in [-0.3, -0.25) is 4.79 Å². The molecule has 0 radical (unpaired) electrons. The molecular weight excluding hydrogens is 376 g/mol. The van der Waals surface area contributed by atoms with Crippen LogP contribution < -0.4 is 10.1 Å². The van der Waals surface area contributed by atoms with Crippen molar-refractivity contribution in [2.24, 2.45) is 0 Å². The van der Waals surface area contributed by atoms with Crippen molar-refractivity contribution < 1.29 is 14.3 Å². The first-order valence-corrected chi connectivity index (χ1v) is 11.9. The number of likely N-dealkylation sites (tertiary alicyclic amines) is 1. The number of ether oxygens (including phenoxy) is 2. The van der Waals surface area contributed by atoms with Gasteiger partial charge in [-0.25, -0.2) is 0 Å². The van der Waals surface area contributed by atoms with Crippen molar-refractivity contribution in [1.82, 2.24) is 4.90 Å². The highest BCUT2D eigenvalue weighted by atomic mass is 16.5. The second kappa shape index (κ2) is 13.0. The highest BCUT2D eigenvalue weighted by Crippen LogP contribution is 2.23. The number of anilines is 1. The zero-order valence-corrected chi connectivity index (χ0v) is 19.5. The molecule has 0 unspecified atom stereocenters. The smallest absolute Gasteiger partial charge is 0.256 e. The summed E-state index contributed by atoms with van der Waals surface area (Å²) in [6.07, 6.45) is 8.67. The summed E-state index contributed by atoms with van der Waals surface area (Å²) in [6, 6.07) is 8.36. The van der Waals surface area contributed by atoms with E-state index >= 15 is 0 Å². The molecule has 0 aliphatic carbocycles. The van der Waals surface area contributed by atoms with Gasteiger partial charge in [0.05, 0.1) is 6.61 Å². The molecule has 1 aliphatic heterocycles. The zero-order chi connectivity index (χ0) is 21.8. The van der Waals surface area contributed by atoms with Gasteiger partial charge in [0, 0.05) is 24.9 Å². The van der Waals surface area contributed by atoms with Crippen molar-refractivity contribution in [1.29, 1.82) is 0 Å². The number of piperidine rings is 1. The minimum Gasteiger partial charge on any atom is -0.494 e. The molecule has 2 rings (SSSR count). The second-order valence-corrected chi connectivity index (χ2v) is 8.74. The van der Waals surface area contributed by atoms with Crippen LogP contribution in [0.15, 0.2) is 24.3 Å². The van der Waals surface area contributed by atoms with Crippen molar-refractivity contribution in [2.75, 3.05) is 31.6 Å². The molecule has 1 aromatic carbocycles. The number of unbranched alkanes of at least 4 members (excludes halogenated alkanes) is 1. The standard InChI is InChI=1S/C25H42N2O3/c1-5-7-16-25(4,30-19-6-2)24(28)26-22-12-14-23(15-13-22)29-20-10-18-27-17-9-8-11-21(27)3/h12-15,21H,5-11,16-20H2,1-4H3,(H,26,28)/t21-,25+/m1/s1. The van der Waals surface area contributed by atoms with Gasteiger partial charge >= 0.3 is 0 Å². The summed E-state index contributed by atoms with van der Waals surface area (Å²) in [7, 11) is 0. The van der Waals surface area contributed by atoms with Crippen LogP contribution >= 0.6 is 0 Å². The van der Waals surface area contributed by atoms with Gasteiger partial charge in [0.15, 0.2) is 0 Å². The fraction of sp³-hybridized carbons (Fsp3) is 0.720. The molecule has 1 aliphatic rings. The SMILES string of the molecule is CCCC[C@](C)(OCCC)C(=O)Nc1ccc(OCCCN2CCCC[C@H]2C)cc1. The summed E-state index contributed by atoms with van der Waals surface area (Å²) in [4.78, 5) is 15.4. The molecule has 0 aromatic heterocycles. The molecule has 1 saturated heterocycles. The summed E-state index contributed by atoms with van der Waals surface area (Å²) >= 11 is 0. The van der Waals surface area contributed by atoms with E-state index in [-0.39, 0.29) is 5.91 Å². The van der Waals surface area contributed by atoms with E-state index in [0.29, 0.717) is 12.6 Å². The maximum absolute atomic E-state index is 12.8. The molecule has 0 bridgehead atoms. The van der Waals surface area contributed by atoms with Crippen molar-refractivity contribution in [3.8, 4) is 5.75 Å². The average molecular weight is 419 g/mol. The van der Waals surface area contributed by atoms with E-state index < -0.39 is 5.60 Å². The average Bonchev–Trinajstić information content (AvgIpc) is 2.76. The first kappa shape index (κ1) is 24.7. The number of hydrogen-bond acceptors (Lipinski definition) is 4. The van der Waals surface area contributed by atoms with Crippen LogP contribution in [-0.2, 0) is 9.53 Å². The minimum atomic E-state index is -0.785. The molecule has 170 valence electrons. The second-order valence-electron chi connectivity index (χ2n) is 8.74. The molecule has 1 heterocycles. The predicted molar refractivity (Wildman–Crippen MR) is 124 cm³/mol. The molecule has 1 aromatic rings. The van der Waals surface area contributed by atoms with Crippen molar-refractivity contribution in [3.05, 3.63) is 24.3 Å². The molecule has 5 nitrogen and oxygen atoms in total. The van der Waals surface area contributed by atoms with E-state index in [9.17, 15) is 4.79 Å². The maximum Gasteiger partial charge on any atom is 0.256 e. The van der Waals surface area contributed by atoms with Crippen LogP contribution in [0.25, 0.3) is 0 Å². The van der Waals surface area contributed by atoms with Crippen molar-refractivity contribution in [2.45, 2.75) is 90.7 Å². The van der Waals surface area contributed by atoms with Crippen LogP contribution in [-0.4, -0.2) is 48.8 Å². The fourth-order valence-corrected chi connectivity index (χ4v) is 3.94. The number of carbonyl (C=O) groups excluding carboxylic acids is 1. The lowest BCUT2D eigenvalue weighted by Crippen LogP contribution is -2.43. The van der Waals surface area contributed by atoms with Gasteiger partial charge in [-0.2, -0.15) is 0 Å². The van der Waals surface area contributed by atoms with E-state index in [4.69, 9.17) is 9.47 Å². The number of benzene rings is 1. The Labute approximate surface area is 183 Å². The summed E-state index contributed by atoms with van der Waals surface area (Å²) in [5.41, 5.74) is -0.00965. The summed E-state index contributed by atoms with van der Waals surface area (Å²) in [6.45, 7) is 12.0. The lowest BCUT2D eigenvalue weighted by molar-refractivity contribution is -0.140. The Balaban J connectivity index is 1.78. The third-order valence-corrected chi connectivity index (χ3v) is 6.02. The molecule has 1 N–H and O–H groups in total. The number of hydrogen-bond donors (Lipinski definition) is 1. The zero-order valence-electron chi connectivity index (χ0n) is 19.5. The fourth-order valence-electron chi connectivity index (χ4n) is 3.94. The molecule has 0 spiro atoms. The van der Waals surface area contributed by atoms with Gasteiger partial charge in [-0.15, -0.1) is 0 Å². The van der Waals surface area contributed by atoms with Crippen LogP contribution in [0, 0.1) is 0 Å². The number of amides is 1. The third-order valence-electron chi connectivity index (χ3n) is 6.02. The molecule has 0 saturated carbocycles. The Bertz CT molecular complexity index is 609. The van der Waals surface area contributed by atoms with Crippen LogP contribution in [0.3, 0.4) is 0 Å². The van der Waals surface area contributed by atoms with E-state index in [2.05, 4.69) is 31.0 Å². The number of nitrogens with zero attached hydrogens (tertiary/aromatic N) is 1. The maximum atomic E-state index is 12.8. The Morgan fingerprint density at radius 1 is 1.13 bits per heavy atom. The van der Waals surface area contributed by atoms with Crippen LogP contribution in [0.5, 0.6) is 5.75 Å². The van der Waals surface area contributed by atoms with Crippen LogP contribution in [0.2, 0.25) is 0 Å². The first-order chi connectivity index (χ1) is 14.5. The quantitative estimate of drug-likeness (QED) is 0.421. The number of rotatable bonds is 13. The molecule has 30 heavy (non-hydrogen) atoms. The van der Waals surface area contributed by atoms with Crippen molar-refractivity contribution in [3.63, 3.8) is 0 Å². The molecule has 1 amide bonds. The van der Waals surface area contributed by atoms with E-state index in [1.165, 1.54) is 25.8 Å². The highest BCUT2D eigenvalue weighted by molar-refractivity contribution is 5.97. The normalized spacial score (nSPS) is 19.3. The van der Waals surface area contributed by atoms with Crippen molar-refractivity contribution >= 4 is 11.6 Å².